The lowest BCUT2D eigenvalue weighted by Crippen LogP contribution is -2.30. The minimum Gasteiger partial charge on any atom is -0.352 e. The van der Waals surface area contributed by atoms with Crippen molar-refractivity contribution in [3.8, 4) is 0 Å². The number of nitrogens with one attached hydrogen (secondary N) is 1. The largest absolute Gasteiger partial charge is 0.352 e. The van der Waals surface area contributed by atoms with Crippen molar-refractivity contribution in [2.24, 2.45) is 0 Å². The van der Waals surface area contributed by atoms with Gasteiger partial charge in [0.25, 0.3) is 0 Å². The predicted octanol–water partition coefficient (Wildman–Crippen LogP) is 2.67. The summed E-state index contributed by atoms with van der Waals surface area (Å²) >= 11 is 1.65. The van der Waals surface area contributed by atoms with Crippen molar-refractivity contribution in [2.75, 3.05) is 0 Å². The van der Waals surface area contributed by atoms with E-state index in [0.717, 1.165) is 17.1 Å². The molecule has 1 aliphatic rings. The summed E-state index contributed by atoms with van der Waals surface area (Å²) in [5.74, 6) is 0.342. The number of thiazole rings is 1. The van der Waals surface area contributed by atoms with Gasteiger partial charge in [-0.3, -0.25) is 4.79 Å². The van der Waals surface area contributed by atoms with Gasteiger partial charge in [0.15, 0.2) is 0 Å². The molecule has 1 amide bonds. The van der Waals surface area contributed by atoms with Gasteiger partial charge in [0, 0.05) is 23.8 Å². The maximum atomic E-state index is 11.7. The topological polar surface area (TPSA) is 42.0 Å². The molecule has 2 heterocycles. The minimum absolute atomic E-state index is 0.136. The summed E-state index contributed by atoms with van der Waals surface area (Å²) in [6.45, 7) is 2.00. The number of aromatic nitrogens is 1. The van der Waals surface area contributed by atoms with E-state index >= 15 is 0 Å². The first-order chi connectivity index (χ1) is 9.22. The first-order valence-corrected chi connectivity index (χ1v) is 7.35. The molecular weight excluding hydrogens is 256 g/mol. The molecule has 1 fully saturated rings. The molecule has 1 aliphatic heterocycles. The Morgan fingerprint density at radius 3 is 2.84 bits per heavy atom. The fourth-order valence-electron chi connectivity index (χ4n) is 2.63. The fraction of sp³-hybridized carbons (Fsp3) is 0.333. The van der Waals surface area contributed by atoms with Crippen LogP contribution in [0.25, 0.3) is 0 Å². The Morgan fingerprint density at radius 1 is 1.37 bits per heavy atom. The molecule has 0 bridgehead atoms. The summed E-state index contributed by atoms with van der Waals surface area (Å²) in [6, 6.07) is 10.5. The number of carbonyl (C=O) groups is 1. The summed E-state index contributed by atoms with van der Waals surface area (Å²) in [7, 11) is 0. The van der Waals surface area contributed by atoms with Crippen LogP contribution in [-0.4, -0.2) is 16.9 Å². The van der Waals surface area contributed by atoms with Crippen LogP contribution in [0.3, 0.4) is 0 Å². The van der Waals surface area contributed by atoms with Crippen LogP contribution in [0.5, 0.6) is 0 Å². The van der Waals surface area contributed by atoms with E-state index in [-0.39, 0.29) is 17.9 Å². The highest BCUT2D eigenvalue weighted by molar-refractivity contribution is 7.09. The highest BCUT2D eigenvalue weighted by Gasteiger charge is 2.34. The normalized spacial score (nSPS) is 22.5. The third-order valence-electron chi connectivity index (χ3n) is 3.55. The molecule has 0 aliphatic carbocycles. The third kappa shape index (κ3) is 2.68. The van der Waals surface area contributed by atoms with Gasteiger partial charge < -0.3 is 5.32 Å². The SMILES string of the molecule is Cc1nc(C2CC(=O)NC2Cc2ccccc2)cs1. The Balaban J connectivity index is 1.81. The lowest BCUT2D eigenvalue weighted by atomic mass is 9.92. The van der Waals surface area contributed by atoms with Crippen LogP contribution >= 0.6 is 11.3 Å². The Labute approximate surface area is 116 Å². The second kappa shape index (κ2) is 5.13. The lowest BCUT2D eigenvalue weighted by Gasteiger charge is -2.17. The second-order valence-electron chi connectivity index (χ2n) is 4.97. The molecule has 1 N–H and O–H groups in total. The van der Waals surface area contributed by atoms with Gasteiger partial charge in [0.1, 0.15) is 0 Å². The van der Waals surface area contributed by atoms with Gasteiger partial charge in [0.2, 0.25) is 5.91 Å². The van der Waals surface area contributed by atoms with Crippen LogP contribution in [0.4, 0.5) is 0 Å². The first kappa shape index (κ1) is 12.4. The molecule has 0 spiro atoms. The zero-order valence-electron chi connectivity index (χ0n) is 10.8. The van der Waals surface area contributed by atoms with Crippen LogP contribution in [0.15, 0.2) is 35.7 Å². The summed E-state index contributed by atoms with van der Waals surface area (Å²) in [6.07, 6.45) is 1.43. The molecule has 0 saturated carbocycles. The Hall–Kier alpha value is -1.68. The third-order valence-corrected chi connectivity index (χ3v) is 4.34. The van der Waals surface area contributed by atoms with Crippen molar-refractivity contribution in [2.45, 2.75) is 31.7 Å². The standard InChI is InChI=1S/C15H16N2OS/c1-10-16-14(9-19-10)12-8-15(18)17-13(12)7-11-5-3-2-4-6-11/h2-6,9,12-13H,7-8H2,1H3,(H,17,18). The van der Waals surface area contributed by atoms with Crippen LogP contribution in [0.1, 0.15) is 28.6 Å². The van der Waals surface area contributed by atoms with E-state index in [1.54, 1.807) is 11.3 Å². The van der Waals surface area contributed by atoms with Gasteiger partial charge in [-0.2, -0.15) is 0 Å². The quantitative estimate of drug-likeness (QED) is 0.933. The molecule has 2 unspecified atom stereocenters. The first-order valence-electron chi connectivity index (χ1n) is 6.47. The molecule has 98 valence electrons. The summed E-state index contributed by atoms with van der Waals surface area (Å²) in [5.41, 5.74) is 2.31. The molecule has 1 aromatic heterocycles. The fourth-order valence-corrected chi connectivity index (χ4v) is 3.31. The predicted molar refractivity (Wildman–Crippen MR) is 76.3 cm³/mol. The lowest BCUT2D eigenvalue weighted by molar-refractivity contribution is -0.119. The van der Waals surface area contributed by atoms with Crippen molar-refractivity contribution >= 4 is 17.2 Å². The van der Waals surface area contributed by atoms with E-state index in [1.165, 1.54) is 5.56 Å². The molecule has 3 nitrogen and oxygen atoms in total. The van der Waals surface area contributed by atoms with E-state index < -0.39 is 0 Å². The number of rotatable bonds is 3. The number of benzene rings is 1. The molecule has 1 aromatic carbocycles. The molecule has 0 radical (unpaired) electrons. The number of carbonyl (C=O) groups excluding carboxylic acids is 1. The van der Waals surface area contributed by atoms with Gasteiger partial charge in [-0.25, -0.2) is 4.98 Å². The smallest absolute Gasteiger partial charge is 0.220 e. The maximum Gasteiger partial charge on any atom is 0.220 e. The minimum atomic E-state index is 0.136. The number of nitrogens with zero attached hydrogens (tertiary/aromatic N) is 1. The summed E-state index contributed by atoms with van der Waals surface area (Å²) in [4.78, 5) is 16.2. The Bertz CT molecular complexity index is 579. The van der Waals surface area contributed by atoms with Gasteiger partial charge in [-0.15, -0.1) is 11.3 Å². The molecule has 3 rings (SSSR count). The van der Waals surface area contributed by atoms with Crippen molar-refractivity contribution in [3.63, 3.8) is 0 Å². The Morgan fingerprint density at radius 2 is 2.16 bits per heavy atom. The summed E-state index contributed by atoms with van der Waals surface area (Å²) in [5, 5.41) is 6.23. The molecular formula is C15H16N2OS. The van der Waals surface area contributed by atoms with Crippen LogP contribution in [-0.2, 0) is 11.2 Å². The van der Waals surface area contributed by atoms with Crippen LogP contribution < -0.4 is 5.32 Å². The highest BCUT2D eigenvalue weighted by atomic mass is 32.1. The zero-order valence-corrected chi connectivity index (χ0v) is 11.6. The molecule has 2 atom stereocenters. The average molecular weight is 272 g/mol. The zero-order chi connectivity index (χ0) is 13.2. The van der Waals surface area contributed by atoms with Crippen molar-refractivity contribution in [3.05, 3.63) is 52.0 Å². The van der Waals surface area contributed by atoms with Crippen molar-refractivity contribution in [1.82, 2.24) is 10.3 Å². The van der Waals surface area contributed by atoms with Crippen LogP contribution in [0.2, 0.25) is 0 Å². The molecule has 19 heavy (non-hydrogen) atoms. The van der Waals surface area contributed by atoms with Gasteiger partial charge in [0.05, 0.1) is 10.7 Å². The molecule has 1 saturated heterocycles. The van der Waals surface area contributed by atoms with Gasteiger partial charge in [-0.1, -0.05) is 30.3 Å². The van der Waals surface area contributed by atoms with E-state index in [0.29, 0.717) is 6.42 Å². The number of hydrogen-bond donors (Lipinski definition) is 1. The maximum absolute atomic E-state index is 11.7. The second-order valence-corrected chi connectivity index (χ2v) is 6.03. The Kier molecular flexibility index (Phi) is 3.34. The van der Waals surface area contributed by atoms with Gasteiger partial charge >= 0.3 is 0 Å². The number of amides is 1. The van der Waals surface area contributed by atoms with Crippen molar-refractivity contribution in [1.29, 1.82) is 0 Å². The van der Waals surface area contributed by atoms with E-state index in [4.69, 9.17) is 0 Å². The van der Waals surface area contributed by atoms with Crippen molar-refractivity contribution < 1.29 is 4.79 Å². The highest BCUT2D eigenvalue weighted by Crippen LogP contribution is 2.31. The van der Waals surface area contributed by atoms with E-state index in [9.17, 15) is 4.79 Å². The number of aryl methyl sites for hydroxylation is 1. The van der Waals surface area contributed by atoms with E-state index in [2.05, 4.69) is 27.8 Å². The molecule has 2 aromatic rings. The average Bonchev–Trinajstić information content (AvgIpc) is 2.97. The van der Waals surface area contributed by atoms with Crippen LogP contribution in [0, 0.1) is 6.92 Å². The van der Waals surface area contributed by atoms with Gasteiger partial charge in [-0.05, 0) is 18.9 Å². The summed E-state index contributed by atoms with van der Waals surface area (Å²) < 4.78 is 0. The monoisotopic (exact) mass is 272 g/mol. The van der Waals surface area contributed by atoms with E-state index in [1.807, 2.05) is 25.1 Å². The number of hydrogen-bond acceptors (Lipinski definition) is 3. The molecule has 4 heteroatoms.